The molecule has 2 heterocycles. The minimum Gasteiger partial charge on any atom is -0.369 e. The van der Waals surface area contributed by atoms with Crippen molar-refractivity contribution < 1.29 is 8.42 Å². The molecular weight excluding hydrogens is 324 g/mol. The minimum atomic E-state index is -2.97. The quantitative estimate of drug-likeness (QED) is 0.864. The molecule has 7 heteroatoms. The van der Waals surface area contributed by atoms with E-state index in [1.165, 1.54) is 6.26 Å². The molecule has 6 nitrogen and oxygen atoms in total. The number of pyridine rings is 1. The molecule has 2 aromatic heterocycles. The van der Waals surface area contributed by atoms with Crippen LogP contribution in [-0.4, -0.2) is 41.9 Å². The van der Waals surface area contributed by atoms with Gasteiger partial charge in [-0.15, -0.1) is 0 Å². The van der Waals surface area contributed by atoms with E-state index >= 15 is 0 Å². The Kier molecular flexibility index (Phi) is 4.29. The average Bonchev–Trinajstić information content (AvgIpc) is 3.27. The van der Waals surface area contributed by atoms with Gasteiger partial charge in [-0.25, -0.2) is 18.4 Å². The molecule has 1 aliphatic rings. The highest BCUT2D eigenvalue weighted by atomic mass is 32.2. The van der Waals surface area contributed by atoms with Crippen LogP contribution in [-0.2, 0) is 9.84 Å². The second-order valence-electron chi connectivity index (χ2n) is 6.77. The lowest BCUT2D eigenvalue weighted by Gasteiger charge is -2.17. The summed E-state index contributed by atoms with van der Waals surface area (Å²) in [5.41, 5.74) is 2.67. The SMILES string of the molecule is Cc1nc(-c2ccncc2)nc(NCC2(CS(C)(=O)=O)CC2)c1C. The van der Waals surface area contributed by atoms with Gasteiger partial charge in [-0.3, -0.25) is 4.98 Å². The first-order valence-corrected chi connectivity index (χ1v) is 10.0. The van der Waals surface area contributed by atoms with E-state index in [2.05, 4.69) is 20.3 Å². The second-order valence-corrected chi connectivity index (χ2v) is 8.91. The van der Waals surface area contributed by atoms with E-state index in [9.17, 15) is 8.42 Å². The van der Waals surface area contributed by atoms with Crippen LogP contribution in [0.4, 0.5) is 5.82 Å². The topological polar surface area (TPSA) is 84.8 Å². The molecule has 0 atom stereocenters. The van der Waals surface area contributed by atoms with E-state index in [0.717, 1.165) is 35.5 Å². The highest BCUT2D eigenvalue weighted by Gasteiger charge is 2.45. The molecule has 0 unspecified atom stereocenters. The van der Waals surface area contributed by atoms with E-state index in [-0.39, 0.29) is 11.2 Å². The summed E-state index contributed by atoms with van der Waals surface area (Å²) in [7, 11) is -2.97. The first kappa shape index (κ1) is 16.8. The number of hydrogen-bond donors (Lipinski definition) is 1. The fraction of sp³-hybridized carbons (Fsp3) is 0.471. The highest BCUT2D eigenvalue weighted by molar-refractivity contribution is 7.90. The smallest absolute Gasteiger partial charge is 0.161 e. The van der Waals surface area contributed by atoms with Gasteiger partial charge in [0.25, 0.3) is 0 Å². The van der Waals surface area contributed by atoms with Crippen molar-refractivity contribution in [3.05, 3.63) is 35.8 Å². The molecule has 0 radical (unpaired) electrons. The Labute approximate surface area is 142 Å². The van der Waals surface area contributed by atoms with Gasteiger partial charge in [0.05, 0.1) is 5.75 Å². The second kappa shape index (κ2) is 6.12. The van der Waals surface area contributed by atoms with Crippen molar-refractivity contribution in [2.24, 2.45) is 5.41 Å². The Morgan fingerprint density at radius 3 is 2.42 bits per heavy atom. The molecule has 1 saturated carbocycles. The normalized spacial score (nSPS) is 16.0. The fourth-order valence-electron chi connectivity index (χ4n) is 2.81. The lowest BCUT2D eigenvalue weighted by Crippen LogP contribution is -2.25. The summed E-state index contributed by atoms with van der Waals surface area (Å²) in [6.07, 6.45) is 6.61. The molecule has 1 N–H and O–H groups in total. The zero-order valence-corrected chi connectivity index (χ0v) is 15.0. The number of aryl methyl sites for hydroxylation is 1. The molecule has 0 bridgehead atoms. The van der Waals surface area contributed by atoms with Gasteiger partial charge in [-0.2, -0.15) is 0 Å². The summed E-state index contributed by atoms with van der Waals surface area (Å²) < 4.78 is 23.2. The molecule has 1 aliphatic carbocycles. The summed E-state index contributed by atoms with van der Waals surface area (Å²) in [4.78, 5) is 13.2. The standard InChI is InChI=1S/C17H22N4O2S/c1-12-13(2)20-16(14-4-8-18-9-5-14)21-15(12)19-10-17(6-7-17)11-24(3,22)23/h4-5,8-9H,6-7,10-11H2,1-3H3,(H,19,20,21). The van der Waals surface area contributed by atoms with Crippen molar-refractivity contribution in [3.8, 4) is 11.4 Å². The Hall–Kier alpha value is -2.02. The van der Waals surface area contributed by atoms with E-state index < -0.39 is 9.84 Å². The average molecular weight is 346 g/mol. The molecule has 0 spiro atoms. The van der Waals surface area contributed by atoms with Crippen LogP contribution in [0.2, 0.25) is 0 Å². The van der Waals surface area contributed by atoms with E-state index in [4.69, 9.17) is 0 Å². The maximum Gasteiger partial charge on any atom is 0.161 e. The number of hydrogen-bond acceptors (Lipinski definition) is 6. The summed E-state index contributed by atoms with van der Waals surface area (Å²) in [6, 6.07) is 3.75. The maximum absolute atomic E-state index is 11.6. The van der Waals surface area contributed by atoms with Crippen LogP contribution in [0.15, 0.2) is 24.5 Å². The third-order valence-corrected chi connectivity index (χ3v) is 5.62. The van der Waals surface area contributed by atoms with Gasteiger partial charge in [0.2, 0.25) is 0 Å². The largest absolute Gasteiger partial charge is 0.369 e. The van der Waals surface area contributed by atoms with Crippen molar-refractivity contribution in [1.29, 1.82) is 0 Å². The van der Waals surface area contributed by atoms with Gasteiger partial charge < -0.3 is 5.32 Å². The molecule has 3 rings (SSSR count). The third kappa shape index (κ3) is 3.90. The summed E-state index contributed by atoms with van der Waals surface area (Å²) in [5, 5.41) is 3.36. The molecule has 0 amide bonds. The number of sulfone groups is 1. The number of aromatic nitrogens is 3. The van der Waals surface area contributed by atoms with Crippen LogP contribution in [0.3, 0.4) is 0 Å². The van der Waals surface area contributed by atoms with Gasteiger partial charge >= 0.3 is 0 Å². The molecule has 0 aliphatic heterocycles. The van der Waals surface area contributed by atoms with E-state index in [1.807, 2.05) is 26.0 Å². The molecule has 24 heavy (non-hydrogen) atoms. The molecule has 1 fully saturated rings. The van der Waals surface area contributed by atoms with E-state index in [1.54, 1.807) is 12.4 Å². The highest BCUT2D eigenvalue weighted by Crippen LogP contribution is 2.46. The van der Waals surface area contributed by atoms with Crippen molar-refractivity contribution in [2.45, 2.75) is 26.7 Å². The molecule has 0 saturated heterocycles. The monoisotopic (exact) mass is 346 g/mol. The van der Waals surface area contributed by atoms with Gasteiger partial charge in [-0.05, 0) is 38.8 Å². The van der Waals surface area contributed by atoms with Crippen LogP contribution >= 0.6 is 0 Å². The Morgan fingerprint density at radius 1 is 1.17 bits per heavy atom. The summed E-state index contributed by atoms with van der Waals surface area (Å²) in [6.45, 7) is 4.55. The predicted molar refractivity (Wildman–Crippen MR) is 94.6 cm³/mol. The number of rotatable bonds is 6. The molecule has 0 aromatic carbocycles. The zero-order valence-electron chi connectivity index (χ0n) is 14.2. The summed E-state index contributed by atoms with van der Waals surface area (Å²) in [5.74, 6) is 1.65. The van der Waals surface area contributed by atoms with Crippen molar-refractivity contribution in [1.82, 2.24) is 15.0 Å². The fourth-order valence-corrected chi connectivity index (χ4v) is 4.31. The summed E-state index contributed by atoms with van der Waals surface area (Å²) >= 11 is 0. The van der Waals surface area contributed by atoms with Crippen LogP contribution in [0, 0.1) is 19.3 Å². The minimum absolute atomic E-state index is 0.143. The zero-order chi connectivity index (χ0) is 17.4. The lowest BCUT2D eigenvalue weighted by atomic mass is 10.1. The first-order valence-electron chi connectivity index (χ1n) is 7.95. The van der Waals surface area contributed by atoms with Crippen LogP contribution in [0.5, 0.6) is 0 Å². The van der Waals surface area contributed by atoms with E-state index in [0.29, 0.717) is 12.4 Å². The van der Waals surface area contributed by atoms with Gasteiger partial charge in [0.1, 0.15) is 15.7 Å². The van der Waals surface area contributed by atoms with Crippen LogP contribution in [0.25, 0.3) is 11.4 Å². The van der Waals surface area contributed by atoms with Gasteiger partial charge in [0, 0.05) is 47.4 Å². The maximum atomic E-state index is 11.6. The predicted octanol–water partition coefficient (Wildman–Crippen LogP) is 2.39. The number of nitrogens with one attached hydrogen (secondary N) is 1. The van der Waals surface area contributed by atoms with Crippen LogP contribution < -0.4 is 5.32 Å². The first-order chi connectivity index (χ1) is 11.3. The lowest BCUT2D eigenvalue weighted by molar-refractivity contribution is 0.560. The van der Waals surface area contributed by atoms with Crippen molar-refractivity contribution in [2.75, 3.05) is 23.9 Å². The van der Waals surface area contributed by atoms with Crippen LogP contribution in [0.1, 0.15) is 24.1 Å². The third-order valence-electron chi connectivity index (χ3n) is 4.48. The van der Waals surface area contributed by atoms with Gasteiger partial charge in [0.15, 0.2) is 5.82 Å². The Bertz CT molecular complexity index is 846. The molecule has 2 aromatic rings. The Morgan fingerprint density at radius 2 is 1.83 bits per heavy atom. The van der Waals surface area contributed by atoms with Crippen molar-refractivity contribution in [3.63, 3.8) is 0 Å². The Balaban J connectivity index is 1.82. The molecule has 128 valence electrons. The van der Waals surface area contributed by atoms with Gasteiger partial charge in [-0.1, -0.05) is 0 Å². The number of nitrogens with zero attached hydrogens (tertiary/aromatic N) is 3. The number of anilines is 1. The van der Waals surface area contributed by atoms with Crippen molar-refractivity contribution >= 4 is 15.7 Å². The molecular formula is C17H22N4O2S.